The van der Waals surface area contributed by atoms with Gasteiger partial charge in [0.15, 0.2) is 5.82 Å². The Labute approximate surface area is 176 Å². The molecular formula is C23H16N8. The van der Waals surface area contributed by atoms with Crippen LogP contribution in [-0.2, 0) is 0 Å². The second-order valence-electron chi connectivity index (χ2n) is 7.32. The van der Waals surface area contributed by atoms with Gasteiger partial charge in [-0.05, 0) is 42.8 Å². The molecule has 0 saturated carbocycles. The summed E-state index contributed by atoms with van der Waals surface area (Å²) in [5.41, 5.74) is 7.90. The summed E-state index contributed by atoms with van der Waals surface area (Å²) in [7, 11) is 0. The van der Waals surface area contributed by atoms with E-state index in [-0.39, 0.29) is 0 Å². The van der Waals surface area contributed by atoms with Crippen molar-refractivity contribution in [3.63, 3.8) is 0 Å². The third kappa shape index (κ3) is 2.93. The van der Waals surface area contributed by atoms with Gasteiger partial charge in [0.05, 0.1) is 28.6 Å². The number of H-pyrrole nitrogens is 2. The summed E-state index contributed by atoms with van der Waals surface area (Å²) in [6, 6.07) is 9.84. The lowest BCUT2D eigenvalue weighted by atomic mass is 10.1. The Morgan fingerprint density at radius 3 is 2.55 bits per heavy atom. The summed E-state index contributed by atoms with van der Waals surface area (Å²) >= 11 is 0. The second kappa shape index (κ2) is 6.81. The van der Waals surface area contributed by atoms with Crippen LogP contribution in [0.2, 0.25) is 0 Å². The molecule has 0 aliphatic rings. The molecule has 0 bridgehead atoms. The van der Waals surface area contributed by atoms with E-state index >= 15 is 0 Å². The zero-order valence-corrected chi connectivity index (χ0v) is 16.5. The molecule has 0 aliphatic carbocycles. The van der Waals surface area contributed by atoms with E-state index < -0.39 is 0 Å². The number of hydrogen-bond donors (Lipinski definition) is 2. The Balaban J connectivity index is 1.51. The summed E-state index contributed by atoms with van der Waals surface area (Å²) in [6.45, 7) is 2.02. The minimum atomic E-state index is 0.670. The summed E-state index contributed by atoms with van der Waals surface area (Å²) < 4.78 is 0. The molecule has 6 aromatic rings. The highest BCUT2D eigenvalue weighted by molar-refractivity contribution is 5.96. The molecule has 0 amide bonds. The van der Waals surface area contributed by atoms with Gasteiger partial charge in [-0.2, -0.15) is 5.10 Å². The molecule has 6 rings (SSSR count). The van der Waals surface area contributed by atoms with Crippen LogP contribution in [0.25, 0.3) is 56.0 Å². The van der Waals surface area contributed by atoms with Gasteiger partial charge in [-0.15, -0.1) is 0 Å². The number of imidazole rings is 1. The molecule has 0 aromatic carbocycles. The summed E-state index contributed by atoms with van der Waals surface area (Å²) in [4.78, 5) is 25.7. The van der Waals surface area contributed by atoms with E-state index in [0.29, 0.717) is 5.82 Å². The third-order valence-corrected chi connectivity index (χ3v) is 5.20. The quantitative estimate of drug-likeness (QED) is 0.454. The predicted octanol–water partition coefficient (Wildman–Crippen LogP) is 4.33. The van der Waals surface area contributed by atoms with Gasteiger partial charge in [-0.3, -0.25) is 25.0 Å². The molecule has 0 radical (unpaired) electrons. The number of nitrogens with zero attached hydrogens (tertiary/aromatic N) is 6. The molecule has 0 unspecified atom stereocenters. The molecule has 0 saturated heterocycles. The number of aromatic nitrogens is 8. The average molecular weight is 404 g/mol. The number of aromatic amines is 2. The van der Waals surface area contributed by atoms with E-state index in [1.54, 1.807) is 24.8 Å². The van der Waals surface area contributed by atoms with Crippen LogP contribution in [0.5, 0.6) is 0 Å². The maximum absolute atomic E-state index is 4.84. The third-order valence-electron chi connectivity index (χ3n) is 5.20. The molecular weight excluding hydrogens is 388 g/mol. The lowest BCUT2D eigenvalue weighted by Crippen LogP contribution is -1.87. The Kier molecular flexibility index (Phi) is 3.82. The number of aryl methyl sites for hydroxylation is 1. The zero-order chi connectivity index (χ0) is 20.8. The first kappa shape index (κ1) is 17.4. The molecule has 0 atom stereocenters. The first-order chi connectivity index (χ1) is 15.3. The average Bonchev–Trinajstić information content (AvgIpc) is 3.43. The van der Waals surface area contributed by atoms with Gasteiger partial charge in [0.2, 0.25) is 0 Å². The molecule has 8 nitrogen and oxygen atoms in total. The first-order valence-electron chi connectivity index (χ1n) is 9.78. The number of fused-ring (bicyclic) bond motifs is 2. The van der Waals surface area contributed by atoms with Crippen LogP contribution in [0.1, 0.15) is 5.56 Å². The highest BCUT2D eigenvalue weighted by Gasteiger charge is 2.16. The highest BCUT2D eigenvalue weighted by Crippen LogP contribution is 2.31. The van der Waals surface area contributed by atoms with Crippen LogP contribution in [0, 0.1) is 6.92 Å². The molecule has 8 heteroatoms. The van der Waals surface area contributed by atoms with Crippen LogP contribution in [-0.4, -0.2) is 40.1 Å². The largest absolute Gasteiger partial charge is 0.336 e. The highest BCUT2D eigenvalue weighted by atomic mass is 15.1. The lowest BCUT2D eigenvalue weighted by Gasteiger charge is -2.02. The fraction of sp³-hybridized carbons (Fsp3) is 0.0435. The lowest BCUT2D eigenvalue weighted by molar-refractivity contribution is 1.10. The molecule has 0 fully saturated rings. The smallest absolute Gasteiger partial charge is 0.159 e. The standard InChI is InChI=1S/C23H16N8/c1-13-8-15(11-25-10-13)18-9-16-19(12-27-18)30-31-21(16)23-28-17-4-7-26-20(22(17)29-23)14-2-5-24-6-3-14/h2-12H,1H3,(H,28,29)(H,30,31). The van der Waals surface area contributed by atoms with Crippen molar-refractivity contribution in [1.29, 1.82) is 0 Å². The second-order valence-corrected chi connectivity index (χ2v) is 7.32. The number of rotatable bonds is 3. The van der Waals surface area contributed by atoms with E-state index in [9.17, 15) is 0 Å². The Morgan fingerprint density at radius 1 is 0.774 bits per heavy atom. The molecule has 2 N–H and O–H groups in total. The first-order valence-corrected chi connectivity index (χ1v) is 9.78. The van der Waals surface area contributed by atoms with Crippen LogP contribution >= 0.6 is 0 Å². The van der Waals surface area contributed by atoms with Crippen molar-refractivity contribution in [3.8, 4) is 34.0 Å². The van der Waals surface area contributed by atoms with E-state index in [0.717, 1.165) is 55.7 Å². The van der Waals surface area contributed by atoms with Gasteiger partial charge in [-0.1, -0.05) is 0 Å². The minimum absolute atomic E-state index is 0.670. The van der Waals surface area contributed by atoms with Crippen molar-refractivity contribution in [2.45, 2.75) is 6.92 Å². The molecule has 0 aliphatic heterocycles. The van der Waals surface area contributed by atoms with Crippen molar-refractivity contribution in [2.75, 3.05) is 0 Å². The Bertz CT molecular complexity index is 1550. The van der Waals surface area contributed by atoms with E-state index in [1.165, 1.54) is 0 Å². The van der Waals surface area contributed by atoms with Gasteiger partial charge >= 0.3 is 0 Å². The van der Waals surface area contributed by atoms with Crippen molar-refractivity contribution in [1.82, 2.24) is 40.1 Å². The van der Waals surface area contributed by atoms with Crippen molar-refractivity contribution in [2.24, 2.45) is 0 Å². The van der Waals surface area contributed by atoms with Gasteiger partial charge in [0.1, 0.15) is 11.2 Å². The molecule has 6 aromatic heterocycles. The Hall–Kier alpha value is -4.46. The zero-order valence-electron chi connectivity index (χ0n) is 16.5. The number of hydrogen-bond acceptors (Lipinski definition) is 6. The maximum Gasteiger partial charge on any atom is 0.159 e. The number of nitrogens with one attached hydrogen (secondary N) is 2. The molecule has 0 spiro atoms. The van der Waals surface area contributed by atoms with E-state index in [1.807, 2.05) is 43.6 Å². The Morgan fingerprint density at radius 2 is 1.68 bits per heavy atom. The van der Waals surface area contributed by atoms with E-state index in [4.69, 9.17) is 4.98 Å². The summed E-state index contributed by atoms with van der Waals surface area (Å²) in [5, 5.41) is 8.50. The fourth-order valence-electron chi connectivity index (χ4n) is 3.72. The van der Waals surface area contributed by atoms with Crippen LogP contribution in [0.3, 0.4) is 0 Å². The van der Waals surface area contributed by atoms with Gasteiger partial charge < -0.3 is 4.98 Å². The minimum Gasteiger partial charge on any atom is -0.336 e. The topological polar surface area (TPSA) is 109 Å². The number of pyridine rings is 4. The van der Waals surface area contributed by atoms with Crippen LogP contribution in [0.15, 0.2) is 67.5 Å². The predicted molar refractivity (Wildman–Crippen MR) is 118 cm³/mol. The van der Waals surface area contributed by atoms with Crippen LogP contribution < -0.4 is 0 Å². The van der Waals surface area contributed by atoms with Gasteiger partial charge in [0, 0.05) is 47.5 Å². The van der Waals surface area contributed by atoms with Crippen LogP contribution in [0.4, 0.5) is 0 Å². The maximum atomic E-state index is 4.84. The molecule has 6 heterocycles. The monoisotopic (exact) mass is 404 g/mol. The fourth-order valence-corrected chi connectivity index (χ4v) is 3.72. The van der Waals surface area contributed by atoms with Gasteiger partial charge in [0.25, 0.3) is 0 Å². The SMILES string of the molecule is Cc1cncc(-c2cc3c(-c4nc5c(-c6ccncc6)nccc5[nH]4)n[nH]c3cn2)c1. The van der Waals surface area contributed by atoms with Crippen molar-refractivity contribution in [3.05, 3.63) is 73.1 Å². The normalized spacial score (nSPS) is 11.4. The molecule has 148 valence electrons. The summed E-state index contributed by atoms with van der Waals surface area (Å²) in [6.07, 6.45) is 10.7. The van der Waals surface area contributed by atoms with E-state index in [2.05, 4.69) is 41.2 Å². The molecule has 31 heavy (non-hydrogen) atoms. The van der Waals surface area contributed by atoms with Crippen molar-refractivity contribution < 1.29 is 0 Å². The van der Waals surface area contributed by atoms with Crippen molar-refractivity contribution >= 4 is 21.9 Å². The van der Waals surface area contributed by atoms with Gasteiger partial charge in [-0.25, -0.2) is 4.98 Å². The summed E-state index contributed by atoms with van der Waals surface area (Å²) in [5.74, 6) is 0.670.